The number of likely N-dealkylation sites (N-methyl/N-ethyl adjacent to an activating group) is 1. The molecule has 8 nitrogen and oxygen atoms in total. The fourth-order valence-electron chi connectivity index (χ4n) is 2.61. The van der Waals surface area contributed by atoms with Crippen LogP contribution in [0.15, 0.2) is 48.5 Å². The summed E-state index contributed by atoms with van der Waals surface area (Å²) in [4.78, 5) is 25.7. The van der Waals surface area contributed by atoms with E-state index in [0.29, 0.717) is 23.5 Å². The lowest BCUT2D eigenvalue weighted by atomic mass is 10.1. The highest BCUT2D eigenvalue weighted by Gasteiger charge is 2.15. The fourth-order valence-corrected chi connectivity index (χ4v) is 2.61. The van der Waals surface area contributed by atoms with Crippen LogP contribution in [0.2, 0.25) is 0 Å². The quantitative estimate of drug-likeness (QED) is 0.551. The van der Waals surface area contributed by atoms with E-state index >= 15 is 0 Å². The molecule has 31 heavy (non-hydrogen) atoms. The monoisotopic (exact) mass is 425 g/mol. The van der Waals surface area contributed by atoms with Crippen LogP contribution in [-0.4, -0.2) is 64.3 Å². The highest BCUT2D eigenvalue weighted by Crippen LogP contribution is 2.21. The first-order chi connectivity index (χ1) is 14.9. The molecule has 0 saturated heterocycles. The third-order valence-corrected chi connectivity index (χ3v) is 4.42. The molecule has 0 aliphatic rings. The van der Waals surface area contributed by atoms with Crippen molar-refractivity contribution in [2.45, 2.75) is 6.10 Å². The third-order valence-electron chi connectivity index (χ3n) is 4.42. The van der Waals surface area contributed by atoms with Crippen LogP contribution in [-0.2, 0) is 14.3 Å². The largest absolute Gasteiger partial charge is 0.482 e. The van der Waals surface area contributed by atoms with Crippen LogP contribution in [0.25, 0.3) is 0 Å². The van der Waals surface area contributed by atoms with Gasteiger partial charge >= 0.3 is 5.97 Å². The molecule has 2 aromatic rings. The van der Waals surface area contributed by atoms with Crippen molar-refractivity contribution in [3.8, 4) is 11.8 Å². The lowest BCUT2D eigenvalue weighted by molar-refractivity contribution is -0.142. The summed E-state index contributed by atoms with van der Waals surface area (Å²) >= 11 is 0. The molecule has 0 aliphatic heterocycles. The molecular formula is C23H27N3O5. The van der Waals surface area contributed by atoms with Gasteiger partial charge in [-0.15, -0.1) is 0 Å². The summed E-state index contributed by atoms with van der Waals surface area (Å²) in [5, 5.41) is 11.8. The summed E-state index contributed by atoms with van der Waals surface area (Å²) in [7, 11) is 5.22. The maximum absolute atomic E-state index is 12.5. The minimum Gasteiger partial charge on any atom is -0.482 e. The van der Waals surface area contributed by atoms with Crippen LogP contribution < -0.4 is 10.1 Å². The second kappa shape index (κ2) is 12.3. The van der Waals surface area contributed by atoms with Crippen molar-refractivity contribution in [2.75, 3.05) is 47.5 Å². The van der Waals surface area contributed by atoms with Gasteiger partial charge in [0.1, 0.15) is 5.75 Å². The Morgan fingerprint density at radius 1 is 1.10 bits per heavy atom. The molecule has 0 aromatic heterocycles. The van der Waals surface area contributed by atoms with Gasteiger partial charge in [0.05, 0.1) is 31.5 Å². The minimum absolute atomic E-state index is 0.167. The van der Waals surface area contributed by atoms with Crippen molar-refractivity contribution in [3.05, 3.63) is 65.2 Å². The van der Waals surface area contributed by atoms with E-state index in [9.17, 15) is 9.59 Å². The molecule has 8 heteroatoms. The molecule has 0 heterocycles. The summed E-state index contributed by atoms with van der Waals surface area (Å²) in [6, 6.07) is 15.6. The normalized spacial score (nSPS) is 11.5. The van der Waals surface area contributed by atoms with Crippen LogP contribution in [0.4, 0.5) is 0 Å². The van der Waals surface area contributed by atoms with Crippen LogP contribution in [0.3, 0.4) is 0 Å². The summed E-state index contributed by atoms with van der Waals surface area (Å²) in [5.41, 5.74) is 1.83. The molecule has 0 bridgehead atoms. The molecule has 2 rings (SSSR count). The lowest BCUT2D eigenvalue weighted by Crippen LogP contribution is -2.30. The second-order valence-corrected chi connectivity index (χ2v) is 7.00. The van der Waals surface area contributed by atoms with Crippen molar-refractivity contribution >= 4 is 11.9 Å². The van der Waals surface area contributed by atoms with Crippen molar-refractivity contribution in [3.63, 3.8) is 0 Å². The number of carbonyl (C=O) groups excluding carboxylic acids is 2. The van der Waals surface area contributed by atoms with Crippen molar-refractivity contribution < 1.29 is 23.8 Å². The van der Waals surface area contributed by atoms with Crippen LogP contribution >= 0.6 is 0 Å². The molecule has 1 N–H and O–H groups in total. The smallest absolute Gasteiger partial charge is 0.343 e. The van der Waals surface area contributed by atoms with E-state index in [1.54, 1.807) is 36.4 Å². The standard InChI is InChI=1S/C23H27N3O5/c1-26(2)12-13-30-21(15-25-23(28)19-6-4-17(14-24)5-7-19)18-8-10-20(11-9-18)31-16-22(27)29-3/h4-11,21H,12-13,15-16H2,1-3H3,(H,25,28). The van der Waals surface area contributed by atoms with E-state index in [4.69, 9.17) is 14.7 Å². The Hall–Kier alpha value is -3.41. The minimum atomic E-state index is -0.459. The van der Waals surface area contributed by atoms with E-state index in [0.717, 1.165) is 12.1 Å². The molecular weight excluding hydrogens is 398 g/mol. The Morgan fingerprint density at radius 2 is 1.77 bits per heavy atom. The van der Waals surface area contributed by atoms with Gasteiger partial charge in [-0.1, -0.05) is 12.1 Å². The first-order valence-corrected chi connectivity index (χ1v) is 9.77. The second-order valence-electron chi connectivity index (χ2n) is 7.00. The molecule has 0 fully saturated rings. The Bertz CT molecular complexity index is 889. The Labute approximate surface area is 182 Å². The average Bonchev–Trinajstić information content (AvgIpc) is 2.79. The molecule has 0 saturated carbocycles. The summed E-state index contributed by atoms with van der Waals surface area (Å²) in [5.74, 6) is -0.175. The number of carbonyl (C=O) groups is 2. The van der Waals surface area contributed by atoms with Gasteiger partial charge in [0, 0.05) is 18.7 Å². The van der Waals surface area contributed by atoms with Gasteiger partial charge in [-0.2, -0.15) is 5.26 Å². The number of ether oxygens (including phenoxy) is 3. The zero-order valence-electron chi connectivity index (χ0n) is 18.0. The van der Waals surface area contributed by atoms with Gasteiger partial charge in [0.25, 0.3) is 5.91 Å². The van der Waals surface area contributed by atoms with Gasteiger partial charge in [-0.3, -0.25) is 4.79 Å². The van der Waals surface area contributed by atoms with Crippen molar-refractivity contribution in [1.29, 1.82) is 5.26 Å². The number of hydrogen-bond acceptors (Lipinski definition) is 7. The number of methoxy groups -OCH3 is 1. The Kier molecular flexibility index (Phi) is 9.49. The predicted molar refractivity (Wildman–Crippen MR) is 115 cm³/mol. The fraction of sp³-hybridized carbons (Fsp3) is 0.348. The van der Waals surface area contributed by atoms with E-state index < -0.39 is 5.97 Å². The average molecular weight is 425 g/mol. The summed E-state index contributed by atoms with van der Waals surface area (Å²) in [6.45, 7) is 1.33. The van der Waals surface area contributed by atoms with Crippen LogP contribution in [0.5, 0.6) is 5.75 Å². The summed E-state index contributed by atoms with van der Waals surface area (Å²) in [6.07, 6.45) is -0.364. The molecule has 0 radical (unpaired) electrons. The zero-order chi connectivity index (χ0) is 22.6. The van der Waals surface area contributed by atoms with Crippen molar-refractivity contribution in [2.24, 2.45) is 0 Å². The molecule has 2 aromatic carbocycles. The highest BCUT2D eigenvalue weighted by atomic mass is 16.6. The van der Waals surface area contributed by atoms with E-state index in [1.165, 1.54) is 7.11 Å². The van der Waals surface area contributed by atoms with Gasteiger partial charge in [0.15, 0.2) is 6.61 Å². The first-order valence-electron chi connectivity index (χ1n) is 9.77. The number of benzene rings is 2. The molecule has 0 spiro atoms. The number of esters is 1. The number of nitrogens with one attached hydrogen (secondary N) is 1. The molecule has 1 amide bonds. The van der Waals surface area contributed by atoms with E-state index in [2.05, 4.69) is 10.1 Å². The SMILES string of the molecule is COC(=O)COc1ccc(C(CNC(=O)c2ccc(C#N)cc2)OCCN(C)C)cc1. The Morgan fingerprint density at radius 3 is 2.35 bits per heavy atom. The van der Waals surface area contributed by atoms with Crippen molar-refractivity contribution in [1.82, 2.24) is 10.2 Å². The molecule has 0 aliphatic carbocycles. The van der Waals surface area contributed by atoms with Crippen LogP contribution in [0, 0.1) is 11.3 Å². The Balaban J connectivity index is 2.02. The van der Waals surface area contributed by atoms with Gasteiger partial charge in [0.2, 0.25) is 0 Å². The highest BCUT2D eigenvalue weighted by molar-refractivity contribution is 5.94. The summed E-state index contributed by atoms with van der Waals surface area (Å²) < 4.78 is 15.9. The topological polar surface area (TPSA) is 101 Å². The van der Waals surface area contributed by atoms with Crippen LogP contribution in [0.1, 0.15) is 27.6 Å². The number of amides is 1. The number of nitrogens with zero attached hydrogens (tertiary/aromatic N) is 2. The van der Waals surface area contributed by atoms with E-state index in [-0.39, 0.29) is 25.2 Å². The number of rotatable bonds is 11. The predicted octanol–water partition coefficient (Wildman–Crippen LogP) is 2.16. The molecule has 1 unspecified atom stereocenters. The van der Waals surface area contributed by atoms with E-state index in [1.807, 2.05) is 37.2 Å². The lowest BCUT2D eigenvalue weighted by Gasteiger charge is -2.21. The molecule has 164 valence electrons. The maximum atomic E-state index is 12.5. The van der Waals surface area contributed by atoms with Gasteiger partial charge in [-0.05, 0) is 56.1 Å². The van der Waals surface area contributed by atoms with Gasteiger partial charge in [-0.25, -0.2) is 4.79 Å². The zero-order valence-corrected chi connectivity index (χ0v) is 18.0. The molecule has 1 atom stereocenters. The van der Waals surface area contributed by atoms with Gasteiger partial charge < -0.3 is 24.4 Å². The first kappa shape index (κ1) is 23.9. The third kappa shape index (κ3) is 8.09. The number of nitriles is 1. The maximum Gasteiger partial charge on any atom is 0.343 e. The number of hydrogen-bond donors (Lipinski definition) is 1.